The molecule has 2 saturated heterocycles. The topological polar surface area (TPSA) is 95.0 Å². The number of likely N-dealkylation sites (N-methyl/N-ethyl adjacent to an activating group) is 1. The molecule has 0 saturated carbocycles. The Bertz CT molecular complexity index is 1670. The summed E-state index contributed by atoms with van der Waals surface area (Å²) in [6, 6.07) is 20.4. The number of carbonyl (C=O) groups excluding carboxylic acids is 2. The highest BCUT2D eigenvalue weighted by Gasteiger charge is 2.33. The molecule has 0 bridgehead atoms. The molecule has 2 aliphatic rings. The Balaban J connectivity index is 1.12. The number of nitrogens with zero attached hydrogens (tertiary/aromatic N) is 5. The summed E-state index contributed by atoms with van der Waals surface area (Å²) in [6.07, 6.45) is 5.91. The molecule has 2 N–H and O–H groups in total. The molecule has 2 aromatic heterocycles. The number of carbonyl (C=O) groups is 2. The van der Waals surface area contributed by atoms with Crippen molar-refractivity contribution in [2.75, 3.05) is 63.1 Å². The highest BCUT2D eigenvalue weighted by atomic mass is 16.5. The van der Waals surface area contributed by atoms with Gasteiger partial charge in [0.15, 0.2) is 0 Å². The van der Waals surface area contributed by atoms with Crippen LogP contribution in [0.25, 0.3) is 10.9 Å². The summed E-state index contributed by atoms with van der Waals surface area (Å²) in [6.45, 7) is 13.2. The van der Waals surface area contributed by atoms with Crippen LogP contribution in [0.1, 0.15) is 55.5 Å². The number of fused-ring (bicyclic) bond motifs is 1. The predicted octanol–water partition coefficient (Wildman–Crippen LogP) is 5.92. The number of benzene rings is 2. The van der Waals surface area contributed by atoms with Gasteiger partial charge in [-0.25, -0.2) is 9.78 Å². The summed E-state index contributed by atoms with van der Waals surface area (Å²) in [7, 11) is 1.62. The molecule has 6 rings (SSSR count). The van der Waals surface area contributed by atoms with Crippen molar-refractivity contribution in [3.63, 3.8) is 0 Å². The van der Waals surface area contributed by atoms with Crippen molar-refractivity contribution in [1.82, 2.24) is 24.7 Å². The number of hydrogen-bond donors (Lipinski definition) is 2. The van der Waals surface area contributed by atoms with Crippen LogP contribution in [0.5, 0.6) is 0 Å². The molecule has 0 spiro atoms. The lowest BCUT2D eigenvalue weighted by Crippen LogP contribution is -2.60. The fraction of sp³-hybridized carbons (Fsp3) is 0.432. The van der Waals surface area contributed by atoms with Gasteiger partial charge in [-0.15, -0.1) is 0 Å². The van der Waals surface area contributed by atoms with Crippen LogP contribution >= 0.6 is 0 Å². The molecule has 248 valence electrons. The number of aromatic nitrogens is 2. The zero-order chi connectivity index (χ0) is 32.9. The Kier molecular flexibility index (Phi) is 10.2. The van der Waals surface area contributed by atoms with Crippen molar-refractivity contribution in [3.05, 3.63) is 84.2 Å². The molecular formula is C37H47N7O3. The van der Waals surface area contributed by atoms with E-state index in [9.17, 15) is 9.59 Å². The summed E-state index contributed by atoms with van der Waals surface area (Å²) in [4.78, 5) is 37.4. The average molecular weight is 638 g/mol. The van der Waals surface area contributed by atoms with E-state index in [0.717, 1.165) is 60.8 Å². The van der Waals surface area contributed by atoms with Crippen molar-refractivity contribution in [2.45, 2.75) is 51.7 Å². The molecule has 10 nitrogen and oxygen atoms in total. The van der Waals surface area contributed by atoms with Crippen molar-refractivity contribution in [2.24, 2.45) is 0 Å². The first-order valence-corrected chi connectivity index (χ1v) is 16.9. The molecule has 47 heavy (non-hydrogen) atoms. The molecule has 4 aromatic rings. The van der Waals surface area contributed by atoms with Gasteiger partial charge in [0.25, 0.3) is 5.91 Å². The minimum absolute atomic E-state index is 0.103. The number of ether oxygens (including phenoxy) is 1. The molecule has 2 fully saturated rings. The Hall–Kier alpha value is -4.25. The molecule has 2 amide bonds. The van der Waals surface area contributed by atoms with Crippen molar-refractivity contribution in [3.8, 4) is 0 Å². The van der Waals surface area contributed by atoms with E-state index in [-0.39, 0.29) is 18.0 Å². The molecule has 0 aliphatic carbocycles. The number of rotatable bonds is 11. The highest BCUT2D eigenvalue weighted by molar-refractivity contribution is 6.04. The van der Waals surface area contributed by atoms with Crippen LogP contribution in [0, 0.1) is 0 Å². The van der Waals surface area contributed by atoms with Gasteiger partial charge < -0.3 is 25.2 Å². The van der Waals surface area contributed by atoms with E-state index in [0.29, 0.717) is 30.5 Å². The summed E-state index contributed by atoms with van der Waals surface area (Å²) in [5, 5.41) is 6.62. The lowest BCUT2D eigenvalue weighted by Gasteiger charge is -2.47. The fourth-order valence-corrected chi connectivity index (χ4v) is 6.76. The van der Waals surface area contributed by atoms with E-state index in [1.54, 1.807) is 24.0 Å². The quantitative estimate of drug-likeness (QED) is 0.211. The number of hydrogen-bond acceptors (Lipinski definition) is 7. The van der Waals surface area contributed by atoms with Gasteiger partial charge >= 0.3 is 6.03 Å². The van der Waals surface area contributed by atoms with Crippen molar-refractivity contribution < 1.29 is 14.3 Å². The summed E-state index contributed by atoms with van der Waals surface area (Å²) >= 11 is 0. The number of likely N-dealkylation sites (tertiary alicyclic amines) is 2. The third kappa shape index (κ3) is 7.51. The van der Waals surface area contributed by atoms with Crippen LogP contribution in [0.3, 0.4) is 0 Å². The third-order valence-corrected chi connectivity index (χ3v) is 9.56. The molecule has 10 heteroatoms. The van der Waals surface area contributed by atoms with Gasteiger partial charge in [-0.05, 0) is 100 Å². The number of nitrogens with one attached hydrogen (secondary N) is 2. The molecule has 0 atom stereocenters. The SMILES string of the molecule is CCN1CC(N2CCC(c3ccc(C(=O)Nc4cc(N(CCOC(C)C)c5ccc6c(ccn6C(=O)NC)c5)ccn4)cc3)CC2)C1. The first-order chi connectivity index (χ1) is 22.8. The summed E-state index contributed by atoms with van der Waals surface area (Å²) in [5.41, 5.74) is 4.56. The predicted molar refractivity (Wildman–Crippen MR) is 188 cm³/mol. The smallest absolute Gasteiger partial charge is 0.325 e. The van der Waals surface area contributed by atoms with Gasteiger partial charge in [0.05, 0.1) is 18.2 Å². The normalized spacial score (nSPS) is 16.4. The first-order valence-electron chi connectivity index (χ1n) is 16.9. The summed E-state index contributed by atoms with van der Waals surface area (Å²) < 4.78 is 7.50. The number of pyridine rings is 1. The second-order valence-electron chi connectivity index (χ2n) is 12.8. The van der Waals surface area contributed by atoms with E-state index in [1.807, 2.05) is 56.3 Å². The average Bonchev–Trinajstić information content (AvgIpc) is 3.50. The largest absolute Gasteiger partial charge is 0.377 e. The van der Waals surface area contributed by atoms with E-state index in [1.165, 1.54) is 18.7 Å². The van der Waals surface area contributed by atoms with Crippen LogP contribution in [0.2, 0.25) is 0 Å². The minimum atomic E-state index is -0.188. The van der Waals surface area contributed by atoms with Gasteiger partial charge in [0.1, 0.15) is 5.82 Å². The number of piperidine rings is 1. The standard InChI is InChI=1S/C37H47N7O3/c1-5-41-24-33(25-41)42-17-13-28(14-18-42)27-6-8-29(9-7-27)36(45)40-35-23-32(12-16-39-35)43(20-21-47-26(2)3)31-10-11-34-30(22-31)15-19-44(34)37(46)38-4/h6-12,15-16,19,22-23,26,28,33H,5,13-14,17-18,20-21,24-25H2,1-4H3,(H,38,46)(H,39,40,45). The second kappa shape index (κ2) is 14.7. The maximum Gasteiger partial charge on any atom is 0.325 e. The lowest BCUT2D eigenvalue weighted by molar-refractivity contribution is 0.0236. The fourth-order valence-electron chi connectivity index (χ4n) is 6.76. The molecule has 2 aromatic carbocycles. The van der Waals surface area contributed by atoms with Crippen LogP contribution in [0.15, 0.2) is 73.1 Å². The number of amides is 2. The second-order valence-corrected chi connectivity index (χ2v) is 12.8. The van der Waals surface area contributed by atoms with Crippen molar-refractivity contribution in [1.29, 1.82) is 0 Å². The zero-order valence-electron chi connectivity index (χ0n) is 28.0. The Morgan fingerprint density at radius 1 is 1.00 bits per heavy atom. The Labute approximate surface area is 277 Å². The summed E-state index contributed by atoms with van der Waals surface area (Å²) in [5.74, 6) is 0.827. The molecule has 4 heterocycles. The lowest BCUT2D eigenvalue weighted by atomic mass is 9.88. The van der Waals surface area contributed by atoms with Crippen LogP contribution in [-0.4, -0.2) is 96.4 Å². The monoisotopic (exact) mass is 637 g/mol. The molecule has 2 aliphatic heterocycles. The molecule has 0 unspecified atom stereocenters. The third-order valence-electron chi connectivity index (χ3n) is 9.56. The van der Waals surface area contributed by atoms with Crippen LogP contribution in [0.4, 0.5) is 22.0 Å². The van der Waals surface area contributed by atoms with Gasteiger partial charge in [0, 0.05) is 73.5 Å². The minimum Gasteiger partial charge on any atom is -0.377 e. The Morgan fingerprint density at radius 3 is 2.45 bits per heavy atom. The van der Waals surface area contributed by atoms with Gasteiger partial charge in [0.2, 0.25) is 0 Å². The highest BCUT2D eigenvalue weighted by Crippen LogP contribution is 2.32. The van der Waals surface area contributed by atoms with Crippen LogP contribution in [-0.2, 0) is 4.74 Å². The van der Waals surface area contributed by atoms with E-state index < -0.39 is 0 Å². The first kappa shape index (κ1) is 32.7. The van der Waals surface area contributed by atoms with Crippen molar-refractivity contribution >= 4 is 40.0 Å². The Morgan fingerprint density at radius 2 is 1.74 bits per heavy atom. The van der Waals surface area contributed by atoms with Gasteiger partial charge in [-0.1, -0.05) is 19.1 Å². The number of anilines is 3. The van der Waals surface area contributed by atoms with E-state index >= 15 is 0 Å². The van der Waals surface area contributed by atoms with E-state index in [4.69, 9.17) is 4.74 Å². The maximum atomic E-state index is 13.3. The van der Waals surface area contributed by atoms with Gasteiger partial charge in [-0.3, -0.25) is 14.3 Å². The molecular weight excluding hydrogens is 590 g/mol. The maximum absolute atomic E-state index is 13.3. The van der Waals surface area contributed by atoms with Crippen LogP contribution < -0.4 is 15.5 Å². The van der Waals surface area contributed by atoms with Gasteiger partial charge in [-0.2, -0.15) is 0 Å². The van der Waals surface area contributed by atoms with E-state index in [2.05, 4.69) is 55.4 Å². The molecule has 0 radical (unpaired) electrons. The zero-order valence-corrected chi connectivity index (χ0v) is 28.0.